The van der Waals surface area contributed by atoms with Crippen molar-refractivity contribution in [2.45, 2.75) is 44.6 Å². The molecule has 1 saturated heterocycles. The van der Waals surface area contributed by atoms with Gasteiger partial charge in [0.2, 0.25) is 0 Å². The van der Waals surface area contributed by atoms with Crippen LogP contribution >= 0.6 is 11.3 Å². The Labute approximate surface area is 124 Å². The molecule has 1 aromatic rings. The maximum atomic E-state index is 12.1. The van der Waals surface area contributed by atoms with Crippen molar-refractivity contribution in [3.8, 4) is 0 Å². The third-order valence-electron chi connectivity index (χ3n) is 3.96. The molecule has 3 nitrogen and oxygen atoms in total. The van der Waals surface area contributed by atoms with Gasteiger partial charge in [-0.3, -0.25) is 4.79 Å². The van der Waals surface area contributed by atoms with E-state index in [1.807, 2.05) is 12.1 Å². The Balaban J connectivity index is 1.55. The van der Waals surface area contributed by atoms with E-state index in [-0.39, 0.29) is 12.0 Å². The van der Waals surface area contributed by atoms with Crippen molar-refractivity contribution in [3.05, 3.63) is 33.5 Å². The van der Waals surface area contributed by atoms with Crippen molar-refractivity contribution >= 4 is 17.2 Å². The highest BCUT2D eigenvalue weighted by atomic mass is 32.1. The summed E-state index contributed by atoms with van der Waals surface area (Å²) in [5, 5.41) is 3.03. The van der Waals surface area contributed by atoms with Crippen LogP contribution in [0.3, 0.4) is 0 Å². The summed E-state index contributed by atoms with van der Waals surface area (Å²) in [7, 11) is 0. The SMILES string of the molecule is O=C(NCC1=CCCCC1)c1ccc([C@H]2CCCO2)s1. The number of hydrogen-bond acceptors (Lipinski definition) is 3. The van der Waals surface area contributed by atoms with E-state index in [9.17, 15) is 4.79 Å². The minimum Gasteiger partial charge on any atom is -0.373 e. The predicted molar refractivity (Wildman–Crippen MR) is 81.1 cm³/mol. The lowest BCUT2D eigenvalue weighted by Gasteiger charge is -2.12. The zero-order valence-electron chi connectivity index (χ0n) is 11.7. The zero-order chi connectivity index (χ0) is 13.8. The maximum absolute atomic E-state index is 12.1. The summed E-state index contributed by atoms with van der Waals surface area (Å²) in [4.78, 5) is 14.1. The van der Waals surface area contributed by atoms with Crippen molar-refractivity contribution in [2.75, 3.05) is 13.2 Å². The van der Waals surface area contributed by atoms with Crippen molar-refractivity contribution in [2.24, 2.45) is 0 Å². The first-order chi connectivity index (χ1) is 9.83. The molecule has 1 aliphatic carbocycles. The summed E-state index contributed by atoms with van der Waals surface area (Å²) >= 11 is 1.57. The van der Waals surface area contributed by atoms with Crippen LogP contribution in [0.15, 0.2) is 23.8 Å². The van der Waals surface area contributed by atoms with Crippen LogP contribution in [0.25, 0.3) is 0 Å². The highest BCUT2D eigenvalue weighted by Crippen LogP contribution is 2.33. The Bertz CT molecular complexity index is 500. The molecule has 20 heavy (non-hydrogen) atoms. The Morgan fingerprint density at radius 1 is 1.35 bits per heavy atom. The predicted octanol–water partition coefficient (Wildman–Crippen LogP) is 3.83. The number of allylic oxidation sites excluding steroid dienone is 1. The number of rotatable bonds is 4. The Morgan fingerprint density at radius 3 is 3.05 bits per heavy atom. The van der Waals surface area contributed by atoms with Crippen LogP contribution in [0.4, 0.5) is 0 Å². The van der Waals surface area contributed by atoms with Gasteiger partial charge in [0.1, 0.15) is 0 Å². The Hall–Kier alpha value is -1.13. The van der Waals surface area contributed by atoms with Crippen LogP contribution in [0.5, 0.6) is 0 Å². The van der Waals surface area contributed by atoms with Gasteiger partial charge in [0, 0.05) is 18.0 Å². The zero-order valence-corrected chi connectivity index (χ0v) is 12.5. The monoisotopic (exact) mass is 291 g/mol. The van der Waals surface area contributed by atoms with E-state index in [0.29, 0.717) is 6.54 Å². The lowest BCUT2D eigenvalue weighted by atomic mass is 10.00. The topological polar surface area (TPSA) is 38.3 Å². The molecule has 1 fully saturated rings. The second-order valence-corrected chi connectivity index (χ2v) is 6.61. The Kier molecular flexibility index (Phi) is 4.53. The van der Waals surface area contributed by atoms with Gasteiger partial charge >= 0.3 is 0 Å². The van der Waals surface area contributed by atoms with Gasteiger partial charge in [-0.2, -0.15) is 0 Å². The first-order valence-electron chi connectivity index (χ1n) is 7.50. The average molecular weight is 291 g/mol. The van der Waals surface area contributed by atoms with E-state index in [0.717, 1.165) is 37.2 Å². The molecule has 1 aliphatic heterocycles. The van der Waals surface area contributed by atoms with Gasteiger partial charge in [-0.1, -0.05) is 11.6 Å². The van der Waals surface area contributed by atoms with E-state index in [4.69, 9.17) is 4.74 Å². The molecule has 108 valence electrons. The summed E-state index contributed by atoms with van der Waals surface area (Å²) in [5.41, 5.74) is 1.38. The summed E-state index contributed by atoms with van der Waals surface area (Å²) in [6.45, 7) is 1.55. The number of carbonyl (C=O) groups excluding carboxylic acids is 1. The van der Waals surface area contributed by atoms with Gasteiger partial charge in [-0.25, -0.2) is 0 Å². The van der Waals surface area contributed by atoms with Gasteiger partial charge in [0.05, 0.1) is 11.0 Å². The standard InChI is InChI=1S/C16H21NO2S/c18-16(17-11-12-5-2-1-3-6-12)15-9-8-14(20-15)13-7-4-10-19-13/h5,8-9,13H,1-4,6-7,10-11H2,(H,17,18)/t13-/m1/s1. The summed E-state index contributed by atoms with van der Waals surface area (Å²) in [6, 6.07) is 3.96. The van der Waals surface area contributed by atoms with Crippen LogP contribution < -0.4 is 5.32 Å². The quantitative estimate of drug-likeness (QED) is 0.856. The number of nitrogens with one attached hydrogen (secondary N) is 1. The van der Waals surface area contributed by atoms with Crippen molar-refractivity contribution < 1.29 is 9.53 Å². The van der Waals surface area contributed by atoms with E-state index in [2.05, 4.69) is 11.4 Å². The molecular formula is C16H21NO2S. The third kappa shape index (κ3) is 3.30. The van der Waals surface area contributed by atoms with Crippen LogP contribution in [0.1, 0.15) is 59.2 Å². The normalized spacial score (nSPS) is 22.6. The number of ether oxygens (including phenoxy) is 1. The molecular weight excluding hydrogens is 270 g/mol. The van der Waals surface area contributed by atoms with Gasteiger partial charge in [0.25, 0.3) is 5.91 Å². The van der Waals surface area contributed by atoms with Crippen LogP contribution in [-0.4, -0.2) is 19.1 Å². The highest BCUT2D eigenvalue weighted by molar-refractivity contribution is 7.14. The molecule has 2 aliphatic rings. The fraction of sp³-hybridized carbons (Fsp3) is 0.562. The summed E-state index contributed by atoms with van der Waals surface area (Å²) in [5.74, 6) is 0.0470. The lowest BCUT2D eigenvalue weighted by Crippen LogP contribution is -2.25. The first-order valence-corrected chi connectivity index (χ1v) is 8.32. The van der Waals surface area contributed by atoms with Gasteiger partial charge in [-0.15, -0.1) is 11.3 Å². The largest absolute Gasteiger partial charge is 0.373 e. The molecule has 0 spiro atoms. The summed E-state index contributed by atoms with van der Waals surface area (Å²) < 4.78 is 5.66. The van der Waals surface area contributed by atoms with Crippen molar-refractivity contribution in [1.82, 2.24) is 5.32 Å². The van der Waals surface area contributed by atoms with E-state index in [1.165, 1.54) is 23.3 Å². The van der Waals surface area contributed by atoms with Gasteiger partial charge in [-0.05, 0) is 50.7 Å². The molecule has 0 saturated carbocycles. The molecule has 0 radical (unpaired) electrons. The number of carbonyl (C=O) groups is 1. The number of thiophene rings is 1. The fourth-order valence-corrected chi connectivity index (χ4v) is 3.80. The third-order valence-corrected chi connectivity index (χ3v) is 5.13. The minimum atomic E-state index is 0.0470. The molecule has 0 unspecified atom stereocenters. The molecule has 3 rings (SSSR count). The lowest BCUT2D eigenvalue weighted by molar-refractivity contribution is 0.0960. The second-order valence-electron chi connectivity index (χ2n) is 5.49. The van der Waals surface area contributed by atoms with Gasteiger partial charge in [0.15, 0.2) is 0 Å². The molecule has 4 heteroatoms. The van der Waals surface area contributed by atoms with E-state index >= 15 is 0 Å². The molecule has 1 aromatic heterocycles. The van der Waals surface area contributed by atoms with Crippen LogP contribution in [0.2, 0.25) is 0 Å². The van der Waals surface area contributed by atoms with E-state index < -0.39 is 0 Å². The number of amides is 1. The minimum absolute atomic E-state index is 0.0470. The summed E-state index contributed by atoms with van der Waals surface area (Å²) in [6.07, 6.45) is 9.52. The average Bonchev–Trinajstić information content (AvgIpc) is 3.16. The van der Waals surface area contributed by atoms with E-state index in [1.54, 1.807) is 11.3 Å². The molecule has 2 heterocycles. The Morgan fingerprint density at radius 2 is 2.30 bits per heavy atom. The van der Waals surface area contributed by atoms with Gasteiger partial charge < -0.3 is 10.1 Å². The molecule has 1 atom stereocenters. The highest BCUT2D eigenvalue weighted by Gasteiger charge is 2.20. The molecule has 0 aromatic carbocycles. The fourth-order valence-electron chi connectivity index (χ4n) is 2.80. The molecule has 0 bridgehead atoms. The second kappa shape index (κ2) is 6.55. The smallest absolute Gasteiger partial charge is 0.261 e. The molecule has 1 N–H and O–H groups in total. The van der Waals surface area contributed by atoms with Crippen molar-refractivity contribution in [1.29, 1.82) is 0 Å². The van der Waals surface area contributed by atoms with Crippen molar-refractivity contribution in [3.63, 3.8) is 0 Å². The van der Waals surface area contributed by atoms with Crippen LogP contribution in [0, 0.1) is 0 Å². The first kappa shape index (κ1) is 13.8. The molecule has 1 amide bonds. The maximum Gasteiger partial charge on any atom is 0.261 e. The number of hydrogen-bond donors (Lipinski definition) is 1. The van der Waals surface area contributed by atoms with Crippen LogP contribution in [-0.2, 0) is 4.74 Å².